The molecule has 0 saturated heterocycles. The van der Waals surface area contributed by atoms with Gasteiger partial charge >= 0.3 is 5.97 Å². The highest BCUT2D eigenvalue weighted by atomic mass is 35.5. The summed E-state index contributed by atoms with van der Waals surface area (Å²) in [5, 5.41) is 12.7. The lowest BCUT2D eigenvalue weighted by molar-refractivity contribution is -0.150. The third kappa shape index (κ3) is 5.33. The normalized spacial score (nSPS) is 17.5. The molecule has 1 saturated carbocycles. The molecule has 0 unspecified atom stereocenters. The van der Waals surface area contributed by atoms with Crippen molar-refractivity contribution in [2.45, 2.75) is 50.7 Å². The van der Waals surface area contributed by atoms with E-state index in [1.807, 2.05) is 0 Å². The summed E-state index contributed by atoms with van der Waals surface area (Å²) >= 11 is 6.01. The van der Waals surface area contributed by atoms with Crippen LogP contribution in [0.4, 0.5) is 0 Å². The number of carbonyl (C=O) groups is 2. The van der Waals surface area contributed by atoms with Crippen LogP contribution in [0, 0.1) is 11.3 Å². The van der Waals surface area contributed by atoms with Crippen molar-refractivity contribution < 1.29 is 14.3 Å². The highest BCUT2D eigenvalue weighted by Crippen LogP contribution is 2.27. The molecule has 1 atom stereocenters. The first-order chi connectivity index (χ1) is 12.0. The van der Waals surface area contributed by atoms with Gasteiger partial charge in [-0.2, -0.15) is 5.26 Å². The number of rotatable bonds is 5. The van der Waals surface area contributed by atoms with E-state index in [9.17, 15) is 14.9 Å². The number of hydrogen-bond acceptors (Lipinski definition) is 4. The quantitative estimate of drug-likeness (QED) is 0.642. The van der Waals surface area contributed by atoms with Crippen molar-refractivity contribution in [3.8, 4) is 6.07 Å². The van der Waals surface area contributed by atoms with E-state index in [0.717, 1.165) is 19.3 Å². The van der Waals surface area contributed by atoms with E-state index in [1.165, 1.54) is 19.1 Å². The Morgan fingerprint density at radius 3 is 2.64 bits per heavy atom. The molecule has 6 heteroatoms. The zero-order chi connectivity index (χ0) is 18.3. The van der Waals surface area contributed by atoms with Crippen molar-refractivity contribution in [2.24, 2.45) is 0 Å². The van der Waals surface area contributed by atoms with Gasteiger partial charge in [0, 0.05) is 11.1 Å². The Morgan fingerprint density at radius 2 is 2.00 bits per heavy atom. The maximum atomic E-state index is 12.3. The molecule has 1 aromatic rings. The van der Waals surface area contributed by atoms with Crippen LogP contribution in [0.1, 0.15) is 44.6 Å². The first-order valence-corrected chi connectivity index (χ1v) is 8.70. The molecular weight excluding hydrogens is 340 g/mol. The van der Waals surface area contributed by atoms with Gasteiger partial charge in [-0.1, -0.05) is 49.1 Å². The number of nitriles is 1. The highest BCUT2D eigenvalue weighted by Gasteiger charge is 2.35. The van der Waals surface area contributed by atoms with Crippen molar-refractivity contribution in [1.82, 2.24) is 5.32 Å². The minimum Gasteiger partial charge on any atom is -0.449 e. The Morgan fingerprint density at radius 1 is 1.32 bits per heavy atom. The van der Waals surface area contributed by atoms with Gasteiger partial charge in [0.2, 0.25) is 0 Å². The average Bonchev–Trinajstić information content (AvgIpc) is 2.61. The van der Waals surface area contributed by atoms with Gasteiger partial charge in [-0.3, -0.25) is 4.79 Å². The summed E-state index contributed by atoms with van der Waals surface area (Å²) in [5.74, 6) is -1.10. The second-order valence-corrected chi connectivity index (χ2v) is 6.58. The van der Waals surface area contributed by atoms with Crippen LogP contribution < -0.4 is 5.32 Å². The number of amides is 1. The van der Waals surface area contributed by atoms with Crippen molar-refractivity contribution in [3.05, 3.63) is 40.9 Å². The van der Waals surface area contributed by atoms with Crippen LogP contribution in [0.5, 0.6) is 0 Å². The van der Waals surface area contributed by atoms with E-state index >= 15 is 0 Å². The molecule has 1 fully saturated rings. The number of nitrogens with zero attached hydrogens (tertiary/aromatic N) is 1. The average molecular weight is 361 g/mol. The second-order valence-electron chi connectivity index (χ2n) is 6.18. The highest BCUT2D eigenvalue weighted by molar-refractivity contribution is 6.32. The van der Waals surface area contributed by atoms with Crippen molar-refractivity contribution in [2.75, 3.05) is 0 Å². The van der Waals surface area contributed by atoms with Crippen LogP contribution in [0.15, 0.2) is 30.3 Å². The Bertz CT molecular complexity index is 703. The van der Waals surface area contributed by atoms with Crippen molar-refractivity contribution in [1.29, 1.82) is 5.26 Å². The SMILES string of the molecule is C[C@H](OC(=O)/C=C/c1ccccc1Cl)C(=O)NC1(C#N)CCCCC1. The number of nitrogens with one attached hydrogen (secondary N) is 1. The number of halogens is 1. The molecule has 25 heavy (non-hydrogen) atoms. The Labute approximate surface area is 152 Å². The summed E-state index contributed by atoms with van der Waals surface area (Å²) in [4.78, 5) is 24.1. The third-order valence-electron chi connectivity index (χ3n) is 4.25. The minimum atomic E-state index is -0.976. The van der Waals surface area contributed by atoms with E-state index in [-0.39, 0.29) is 0 Å². The zero-order valence-corrected chi connectivity index (χ0v) is 14.9. The van der Waals surface area contributed by atoms with Crippen LogP contribution in [0.25, 0.3) is 6.08 Å². The van der Waals surface area contributed by atoms with E-state index in [0.29, 0.717) is 23.4 Å². The van der Waals surface area contributed by atoms with Crippen LogP contribution in [-0.2, 0) is 14.3 Å². The van der Waals surface area contributed by atoms with Gasteiger partial charge in [0.25, 0.3) is 5.91 Å². The molecule has 2 rings (SSSR count). The molecule has 0 aromatic heterocycles. The summed E-state index contributed by atoms with van der Waals surface area (Å²) in [6, 6.07) is 9.29. The molecule has 0 aliphatic heterocycles. The molecule has 1 amide bonds. The van der Waals surface area contributed by atoms with Crippen molar-refractivity contribution >= 4 is 29.6 Å². The Kier molecular flexibility index (Phi) is 6.60. The number of hydrogen-bond donors (Lipinski definition) is 1. The summed E-state index contributed by atoms with van der Waals surface area (Å²) in [6.07, 6.45) is 5.92. The molecule has 0 bridgehead atoms. The maximum absolute atomic E-state index is 12.3. The van der Waals surface area contributed by atoms with Crippen LogP contribution in [0.3, 0.4) is 0 Å². The van der Waals surface area contributed by atoms with Crippen LogP contribution >= 0.6 is 11.6 Å². The summed E-state index contributed by atoms with van der Waals surface area (Å²) in [5.41, 5.74) is -0.160. The molecule has 0 spiro atoms. The van der Waals surface area contributed by atoms with Crippen LogP contribution in [-0.4, -0.2) is 23.5 Å². The molecule has 0 radical (unpaired) electrons. The van der Waals surface area contributed by atoms with E-state index < -0.39 is 23.5 Å². The third-order valence-corrected chi connectivity index (χ3v) is 4.59. The van der Waals surface area contributed by atoms with Gasteiger partial charge in [-0.15, -0.1) is 0 Å². The van der Waals surface area contributed by atoms with Gasteiger partial charge in [0.1, 0.15) is 5.54 Å². The Balaban J connectivity index is 1.91. The lowest BCUT2D eigenvalue weighted by Crippen LogP contribution is -2.52. The molecule has 0 heterocycles. The number of ether oxygens (including phenoxy) is 1. The van der Waals surface area contributed by atoms with Gasteiger partial charge in [0.15, 0.2) is 6.10 Å². The second kappa shape index (κ2) is 8.68. The van der Waals surface area contributed by atoms with E-state index in [2.05, 4.69) is 11.4 Å². The molecule has 1 aliphatic carbocycles. The minimum absolute atomic E-state index is 0.456. The molecule has 132 valence electrons. The molecule has 1 aliphatic rings. The first-order valence-electron chi connectivity index (χ1n) is 8.32. The number of esters is 1. The van der Waals surface area contributed by atoms with Crippen LogP contribution in [0.2, 0.25) is 5.02 Å². The molecule has 1 aromatic carbocycles. The smallest absolute Gasteiger partial charge is 0.331 e. The first kappa shape index (κ1) is 19.0. The maximum Gasteiger partial charge on any atom is 0.331 e. The molecule has 1 N–H and O–H groups in total. The summed E-state index contributed by atoms with van der Waals surface area (Å²) in [7, 11) is 0. The van der Waals surface area contributed by atoms with Gasteiger partial charge in [-0.25, -0.2) is 4.79 Å². The lowest BCUT2D eigenvalue weighted by atomic mass is 9.83. The number of benzene rings is 1. The monoisotopic (exact) mass is 360 g/mol. The topological polar surface area (TPSA) is 79.2 Å². The zero-order valence-electron chi connectivity index (χ0n) is 14.1. The summed E-state index contributed by atoms with van der Waals surface area (Å²) < 4.78 is 5.11. The molecule has 5 nitrogen and oxygen atoms in total. The standard InChI is InChI=1S/C19H21ClN2O3/c1-14(18(24)22-19(13-21)11-5-2-6-12-19)25-17(23)10-9-15-7-3-4-8-16(15)20/h3-4,7-10,14H,2,5-6,11-12H2,1H3,(H,22,24)/b10-9+/t14-/m0/s1. The lowest BCUT2D eigenvalue weighted by Gasteiger charge is -2.32. The van der Waals surface area contributed by atoms with Gasteiger partial charge in [0.05, 0.1) is 6.07 Å². The fraction of sp³-hybridized carbons (Fsp3) is 0.421. The van der Waals surface area contributed by atoms with Gasteiger partial charge < -0.3 is 10.1 Å². The fourth-order valence-corrected chi connectivity index (χ4v) is 2.99. The van der Waals surface area contributed by atoms with E-state index in [4.69, 9.17) is 16.3 Å². The number of carbonyl (C=O) groups excluding carboxylic acids is 2. The van der Waals surface area contributed by atoms with Gasteiger partial charge in [-0.05, 0) is 37.5 Å². The summed E-state index contributed by atoms with van der Waals surface area (Å²) in [6.45, 7) is 1.49. The van der Waals surface area contributed by atoms with E-state index in [1.54, 1.807) is 24.3 Å². The Hall–Kier alpha value is -2.32. The molecular formula is C19H21ClN2O3. The predicted molar refractivity (Wildman–Crippen MR) is 95.6 cm³/mol. The predicted octanol–water partition coefficient (Wildman–Crippen LogP) is 3.63. The largest absolute Gasteiger partial charge is 0.449 e. The van der Waals surface area contributed by atoms with Crippen molar-refractivity contribution in [3.63, 3.8) is 0 Å². The fourth-order valence-electron chi connectivity index (χ4n) is 2.79.